The molecule has 0 aliphatic heterocycles. The SMILES string of the molecule is CC(C)NC(=O)c1ccc(Cl)cc1NC(=O)/C=C/c1ccc(OCc2ccccn2)cc1. The molecule has 0 radical (unpaired) electrons. The highest BCUT2D eigenvalue weighted by atomic mass is 35.5. The Morgan fingerprint density at radius 2 is 1.88 bits per heavy atom. The Hall–Kier alpha value is -3.64. The Labute approximate surface area is 192 Å². The van der Waals surface area contributed by atoms with Gasteiger partial charge in [0.15, 0.2) is 0 Å². The Morgan fingerprint density at radius 3 is 2.56 bits per heavy atom. The van der Waals surface area contributed by atoms with Gasteiger partial charge < -0.3 is 15.4 Å². The van der Waals surface area contributed by atoms with Crippen LogP contribution in [0, 0.1) is 0 Å². The van der Waals surface area contributed by atoms with E-state index in [9.17, 15) is 9.59 Å². The fraction of sp³-hybridized carbons (Fsp3) is 0.160. The van der Waals surface area contributed by atoms with E-state index in [1.165, 1.54) is 6.08 Å². The lowest BCUT2D eigenvalue weighted by atomic mass is 10.1. The molecule has 0 bridgehead atoms. The average Bonchev–Trinajstić information content (AvgIpc) is 2.77. The van der Waals surface area contributed by atoms with Crippen LogP contribution in [-0.4, -0.2) is 22.8 Å². The molecule has 0 unspecified atom stereocenters. The number of halogens is 1. The molecule has 164 valence electrons. The highest BCUT2D eigenvalue weighted by Gasteiger charge is 2.14. The standard InChI is InChI=1S/C25H24ClN3O3/c1-17(2)28-25(31)22-12-9-19(26)15-23(22)29-24(30)13-8-18-6-10-21(11-7-18)32-16-20-5-3-4-14-27-20/h3-15,17H,16H2,1-2H3,(H,28,31)(H,29,30)/b13-8+. The van der Waals surface area contributed by atoms with E-state index >= 15 is 0 Å². The van der Waals surface area contributed by atoms with E-state index in [1.807, 2.05) is 56.3 Å². The third kappa shape index (κ3) is 6.96. The van der Waals surface area contributed by atoms with Gasteiger partial charge in [-0.2, -0.15) is 0 Å². The van der Waals surface area contributed by atoms with E-state index in [4.69, 9.17) is 16.3 Å². The van der Waals surface area contributed by atoms with Crippen LogP contribution < -0.4 is 15.4 Å². The summed E-state index contributed by atoms with van der Waals surface area (Å²) in [5.74, 6) is 0.0515. The topological polar surface area (TPSA) is 80.3 Å². The molecule has 0 spiro atoms. The van der Waals surface area contributed by atoms with E-state index < -0.39 is 0 Å². The maximum absolute atomic E-state index is 12.4. The van der Waals surface area contributed by atoms with Gasteiger partial charge in [0.1, 0.15) is 12.4 Å². The monoisotopic (exact) mass is 449 g/mol. The third-order valence-electron chi connectivity index (χ3n) is 4.32. The molecule has 0 fully saturated rings. The van der Waals surface area contributed by atoms with Crippen LogP contribution in [0.5, 0.6) is 5.75 Å². The fourth-order valence-corrected chi connectivity index (χ4v) is 2.99. The number of benzene rings is 2. The van der Waals surface area contributed by atoms with Crippen LogP contribution >= 0.6 is 11.6 Å². The number of pyridine rings is 1. The van der Waals surface area contributed by atoms with Crippen LogP contribution in [0.25, 0.3) is 6.08 Å². The zero-order valence-electron chi connectivity index (χ0n) is 17.8. The van der Waals surface area contributed by atoms with Crippen molar-refractivity contribution in [1.82, 2.24) is 10.3 Å². The van der Waals surface area contributed by atoms with Crippen molar-refractivity contribution in [3.8, 4) is 5.75 Å². The molecule has 2 amide bonds. The largest absolute Gasteiger partial charge is 0.487 e. The number of hydrogen-bond acceptors (Lipinski definition) is 4. The van der Waals surface area contributed by atoms with Crippen molar-refractivity contribution >= 4 is 35.2 Å². The predicted octanol–water partition coefficient (Wildman–Crippen LogP) is 5.10. The molecule has 1 aromatic heterocycles. The van der Waals surface area contributed by atoms with Crippen LogP contribution in [-0.2, 0) is 11.4 Å². The molecule has 2 N–H and O–H groups in total. The first-order valence-electron chi connectivity index (χ1n) is 10.1. The van der Waals surface area contributed by atoms with Crippen LogP contribution in [0.2, 0.25) is 5.02 Å². The van der Waals surface area contributed by atoms with Crippen molar-refractivity contribution in [3.63, 3.8) is 0 Å². The number of anilines is 1. The van der Waals surface area contributed by atoms with E-state index in [-0.39, 0.29) is 17.9 Å². The van der Waals surface area contributed by atoms with Crippen molar-refractivity contribution in [1.29, 1.82) is 0 Å². The molecule has 0 aliphatic carbocycles. The second-order valence-electron chi connectivity index (χ2n) is 7.32. The molecular weight excluding hydrogens is 426 g/mol. The molecule has 0 aliphatic rings. The highest BCUT2D eigenvalue weighted by molar-refractivity contribution is 6.31. The molecule has 3 rings (SSSR count). The van der Waals surface area contributed by atoms with Gasteiger partial charge in [-0.15, -0.1) is 0 Å². The smallest absolute Gasteiger partial charge is 0.253 e. The molecule has 0 atom stereocenters. The van der Waals surface area contributed by atoms with Gasteiger partial charge in [0.25, 0.3) is 5.91 Å². The summed E-state index contributed by atoms with van der Waals surface area (Å²) in [5.41, 5.74) is 2.37. The van der Waals surface area contributed by atoms with E-state index in [0.29, 0.717) is 28.6 Å². The Bertz CT molecular complexity index is 1100. The lowest BCUT2D eigenvalue weighted by Gasteiger charge is -2.13. The summed E-state index contributed by atoms with van der Waals surface area (Å²) in [6.07, 6.45) is 4.80. The lowest BCUT2D eigenvalue weighted by Crippen LogP contribution is -2.31. The number of amides is 2. The molecule has 32 heavy (non-hydrogen) atoms. The summed E-state index contributed by atoms with van der Waals surface area (Å²) in [7, 11) is 0. The minimum absolute atomic E-state index is 0.0301. The second-order valence-corrected chi connectivity index (χ2v) is 7.76. The van der Waals surface area contributed by atoms with E-state index in [0.717, 1.165) is 11.3 Å². The first-order valence-corrected chi connectivity index (χ1v) is 10.5. The molecule has 1 heterocycles. The lowest BCUT2D eigenvalue weighted by molar-refractivity contribution is -0.111. The normalized spacial score (nSPS) is 10.9. The quantitative estimate of drug-likeness (QED) is 0.468. The summed E-state index contributed by atoms with van der Waals surface area (Å²) in [6, 6.07) is 17.7. The number of nitrogens with one attached hydrogen (secondary N) is 2. The first-order chi connectivity index (χ1) is 15.4. The number of ether oxygens (including phenoxy) is 1. The summed E-state index contributed by atoms with van der Waals surface area (Å²) < 4.78 is 5.71. The Balaban J connectivity index is 1.61. The number of hydrogen-bond donors (Lipinski definition) is 2. The van der Waals surface area contributed by atoms with Crippen molar-refractivity contribution < 1.29 is 14.3 Å². The van der Waals surface area contributed by atoms with Crippen molar-refractivity contribution in [2.45, 2.75) is 26.5 Å². The predicted molar refractivity (Wildman–Crippen MR) is 127 cm³/mol. The van der Waals surface area contributed by atoms with Crippen molar-refractivity contribution in [2.24, 2.45) is 0 Å². The maximum atomic E-state index is 12.4. The first kappa shape index (κ1) is 23.0. The summed E-state index contributed by atoms with van der Waals surface area (Å²) >= 11 is 6.05. The van der Waals surface area contributed by atoms with Gasteiger partial charge in [-0.05, 0) is 68.0 Å². The third-order valence-corrected chi connectivity index (χ3v) is 4.56. The zero-order chi connectivity index (χ0) is 22.9. The van der Waals surface area contributed by atoms with Crippen molar-refractivity contribution in [2.75, 3.05) is 5.32 Å². The highest BCUT2D eigenvalue weighted by Crippen LogP contribution is 2.22. The van der Waals surface area contributed by atoms with E-state index in [2.05, 4.69) is 15.6 Å². The molecule has 3 aromatic rings. The maximum Gasteiger partial charge on any atom is 0.253 e. The van der Waals surface area contributed by atoms with Gasteiger partial charge in [0.05, 0.1) is 16.9 Å². The van der Waals surface area contributed by atoms with Gasteiger partial charge in [-0.1, -0.05) is 29.8 Å². The summed E-state index contributed by atoms with van der Waals surface area (Å²) in [4.78, 5) is 29.0. The molecule has 0 saturated carbocycles. The summed E-state index contributed by atoms with van der Waals surface area (Å²) in [6.45, 7) is 4.11. The number of aromatic nitrogens is 1. The Kier molecular flexibility index (Phi) is 8.00. The van der Waals surface area contributed by atoms with Gasteiger partial charge in [-0.3, -0.25) is 14.6 Å². The Morgan fingerprint density at radius 1 is 1.09 bits per heavy atom. The second kappa shape index (κ2) is 11.1. The number of carbonyl (C=O) groups excluding carboxylic acids is 2. The van der Waals surface area contributed by atoms with Crippen LogP contribution in [0.1, 0.15) is 35.5 Å². The van der Waals surface area contributed by atoms with Crippen LogP contribution in [0.15, 0.2) is 72.9 Å². The van der Waals surface area contributed by atoms with Crippen LogP contribution in [0.3, 0.4) is 0 Å². The summed E-state index contributed by atoms with van der Waals surface area (Å²) in [5, 5.41) is 5.95. The minimum atomic E-state index is -0.374. The molecular formula is C25H24ClN3O3. The molecule has 6 nitrogen and oxygen atoms in total. The van der Waals surface area contributed by atoms with Gasteiger partial charge >= 0.3 is 0 Å². The minimum Gasteiger partial charge on any atom is -0.487 e. The van der Waals surface area contributed by atoms with Crippen LogP contribution in [0.4, 0.5) is 5.69 Å². The molecule has 2 aromatic carbocycles. The van der Waals surface area contributed by atoms with Gasteiger partial charge in [-0.25, -0.2) is 0 Å². The number of nitrogens with zero attached hydrogens (tertiary/aromatic N) is 1. The zero-order valence-corrected chi connectivity index (χ0v) is 18.6. The van der Waals surface area contributed by atoms with Gasteiger partial charge in [0, 0.05) is 23.3 Å². The molecule has 0 saturated heterocycles. The number of rotatable bonds is 8. The van der Waals surface area contributed by atoms with E-state index in [1.54, 1.807) is 30.5 Å². The number of carbonyl (C=O) groups is 2. The van der Waals surface area contributed by atoms with Gasteiger partial charge in [0.2, 0.25) is 5.91 Å². The van der Waals surface area contributed by atoms with Crippen molar-refractivity contribution in [3.05, 3.63) is 94.8 Å². The fourth-order valence-electron chi connectivity index (χ4n) is 2.82. The molecule has 7 heteroatoms. The average molecular weight is 450 g/mol.